The molecule has 2 heterocycles. The summed E-state index contributed by atoms with van der Waals surface area (Å²) in [5, 5.41) is 10.1. The van der Waals surface area contributed by atoms with E-state index in [2.05, 4.69) is 20.5 Å². The first-order chi connectivity index (χ1) is 14.8. The third-order valence-corrected chi connectivity index (χ3v) is 4.69. The molecule has 2 aromatic heterocycles. The Hall–Kier alpha value is -4.01. The average Bonchev–Trinajstić information content (AvgIpc) is 2.76. The minimum Gasteiger partial charge on any atom is -0.322 e. The Bertz CT molecular complexity index is 1300. The quantitative estimate of drug-likeness (QED) is 0.515. The van der Waals surface area contributed by atoms with Crippen molar-refractivity contribution in [3.63, 3.8) is 0 Å². The highest BCUT2D eigenvalue weighted by Gasteiger charge is 2.30. The second kappa shape index (κ2) is 8.02. The predicted molar refractivity (Wildman–Crippen MR) is 109 cm³/mol. The van der Waals surface area contributed by atoms with Crippen LogP contribution in [0.2, 0.25) is 0 Å². The van der Waals surface area contributed by atoms with E-state index in [1.807, 2.05) is 6.07 Å². The average molecular weight is 424 g/mol. The van der Waals surface area contributed by atoms with Crippen molar-refractivity contribution in [2.75, 3.05) is 5.32 Å². The number of nitrogens with zero attached hydrogens (tertiary/aromatic N) is 2. The van der Waals surface area contributed by atoms with Gasteiger partial charge < -0.3 is 5.32 Å². The van der Waals surface area contributed by atoms with Gasteiger partial charge in [0, 0.05) is 35.5 Å². The van der Waals surface area contributed by atoms with Crippen molar-refractivity contribution >= 4 is 22.4 Å². The van der Waals surface area contributed by atoms with E-state index in [0.717, 1.165) is 29.8 Å². The normalized spacial score (nSPS) is 11.5. The molecule has 4 rings (SSSR count). The van der Waals surface area contributed by atoms with Crippen LogP contribution in [0.4, 0.5) is 18.9 Å². The number of fused-ring (bicyclic) bond motifs is 1. The number of rotatable bonds is 4. The largest absolute Gasteiger partial charge is 0.416 e. The predicted octanol–water partition coefficient (Wildman–Crippen LogP) is 4.18. The van der Waals surface area contributed by atoms with Gasteiger partial charge in [-0.15, -0.1) is 0 Å². The van der Waals surface area contributed by atoms with E-state index < -0.39 is 23.2 Å². The summed E-state index contributed by atoms with van der Waals surface area (Å²) in [7, 11) is 0. The van der Waals surface area contributed by atoms with Gasteiger partial charge in [0.05, 0.1) is 16.6 Å². The van der Waals surface area contributed by atoms with E-state index in [-0.39, 0.29) is 5.56 Å². The zero-order valence-corrected chi connectivity index (χ0v) is 15.9. The molecule has 0 spiro atoms. The second-order valence-electron chi connectivity index (χ2n) is 6.83. The van der Waals surface area contributed by atoms with Gasteiger partial charge in [-0.2, -0.15) is 18.3 Å². The number of hydrogen-bond acceptors (Lipinski definition) is 4. The molecule has 0 bridgehead atoms. The van der Waals surface area contributed by atoms with Gasteiger partial charge in [-0.25, -0.2) is 5.10 Å². The summed E-state index contributed by atoms with van der Waals surface area (Å²) in [6, 6.07) is 12.4. The maximum atomic E-state index is 12.7. The monoisotopic (exact) mass is 424 g/mol. The smallest absolute Gasteiger partial charge is 0.322 e. The Kier molecular flexibility index (Phi) is 5.24. The summed E-state index contributed by atoms with van der Waals surface area (Å²) in [4.78, 5) is 28.7. The highest BCUT2D eigenvalue weighted by atomic mass is 19.4. The SMILES string of the molecule is O=C(Nc1ccc2c(Cc3cccnc3)n[nH]c(=O)c2c1)c1ccc(C(F)(F)F)cc1. The van der Waals surface area contributed by atoms with Crippen molar-refractivity contribution in [2.45, 2.75) is 12.6 Å². The van der Waals surface area contributed by atoms with E-state index in [9.17, 15) is 22.8 Å². The van der Waals surface area contributed by atoms with Gasteiger partial charge >= 0.3 is 6.18 Å². The fourth-order valence-corrected chi connectivity index (χ4v) is 3.14. The van der Waals surface area contributed by atoms with Crippen molar-refractivity contribution in [2.24, 2.45) is 0 Å². The van der Waals surface area contributed by atoms with Crippen LogP contribution in [-0.4, -0.2) is 21.1 Å². The molecule has 2 aromatic carbocycles. The van der Waals surface area contributed by atoms with Gasteiger partial charge in [0.25, 0.3) is 11.5 Å². The van der Waals surface area contributed by atoms with Crippen molar-refractivity contribution in [1.82, 2.24) is 15.2 Å². The molecule has 9 heteroatoms. The molecule has 6 nitrogen and oxygen atoms in total. The second-order valence-corrected chi connectivity index (χ2v) is 6.83. The van der Waals surface area contributed by atoms with Gasteiger partial charge in [-0.1, -0.05) is 12.1 Å². The summed E-state index contributed by atoms with van der Waals surface area (Å²) in [5.41, 5.74) is 0.701. The van der Waals surface area contributed by atoms with Crippen molar-refractivity contribution < 1.29 is 18.0 Å². The van der Waals surface area contributed by atoms with Crippen LogP contribution in [0, 0.1) is 0 Å². The lowest BCUT2D eigenvalue weighted by atomic mass is 10.0. The summed E-state index contributed by atoms with van der Waals surface area (Å²) in [5.74, 6) is -0.589. The topological polar surface area (TPSA) is 87.7 Å². The lowest BCUT2D eigenvalue weighted by Crippen LogP contribution is -2.15. The molecule has 0 saturated carbocycles. The number of pyridine rings is 1. The number of aromatic amines is 1. The number of halogens is 3. The number of hydrogen-bond donors (Lipinski definition) is 2. The minimum atomic E-state index is -4.48. The van der Waals surface area contributed by atoms with Gasteiger partial charge in [-0.3, -0.25) is 14.6 Å². The highest BCUT2D eigenvalue weighted by molar-refractivity contribution is 6.05. The molecule has 0 aliphatic carbocycles. The Morgan fingerprint density at radius 1 is 1.03 bits per heavy atom. The van der Waals surface area contributed by atoms with Crippen LogP contribution in [0.1, 0.15) is 27.2 Å². The van der Waals surface area contributed by atoms with E-state index in [0.29, 0.717) is 28.6 Å². The fourth-order valence-electron chi connectivity index (χ4n) is 3.14. The first-order valence-corrected chi connectivity index (χ1v) is 9.20. The zero-order valence-electron chi connectivity index (χ0n) is 15.9. The van der Waals surface area contributed by atoms with E-state index >= 15 is 0 Å². The molecule has 1 amide bonds. The van der Waals surface area contributed by atoms with Crippen LogP contribution >= 0.6 is 0 Å². The fraction of sp³-hybridized carbons (Fsp3) is 0.0909. The molecule has 0 atom stereocenters. The lowest BCUT2D eigenvalue weighted by Gasteiger charge is -2.10. The van der Waals surface area contributed by atoms with Crippen LogP contribution in [0.25, 0.3) is 10.8 Å². The number of anilines is 1. The summed E-state index contributed by atoms with van der Waals surface area (Å²) >= 11 is 0. The van der Waals surface area contributed by atoms with Gasteiger partial charge in [-0.05, 0) is 48.0 Å². The molecule has 0 unspecified atom stereocenters. The van der Waals surface area contributed by atoms with Crippen LogP contribution < -0.4 is 10.9 Å². The van der Waals surface area contributed by atoms with Crippen molar-refractivity contribution in [3.05, 3.63) is 99.7 Å². The Morgan fingerprint density at radius 2 is 1.81 bits per heavy atom. The van der Waals surface area contributed by atoms with Crippen LogP contribution in [0.3, 0.4) is 0 Å². The number of carbonyl (C=O) groups is 1. The summed E-state index contributed by atoms with van der Waals surface area (Å²) in [6.45, 7) is 0. The molecule has 31 heavy (non-hydrogen) atoms. The van der Waals surface area contributed by atoms with Crippen LogP contribution in [0.15, 0.2) is 71.8 Å². The van der Waals surface area contributed by atoms with Gasteiger partial charge in [0.15, 0.2) is 0 Å². The molecule has 4 aromatic rings. The first-order valence-electron chi connectivity index (χ1n) is 9.20. The van der Waals surface area contributed by atoms with Crippen molar-refractivity contribution in [1.29, 1.82) is 0 Å². The van der Waals surface area contributed by atoms with E-state index in [1.165, 1.54) is 6.07 Å². The van der Waals surface area contributed by atoms with Crippen LogP contribution in [-0.2, 0) is 12.6 Å². The third kappa shape index (κ3) is 4.45. The summed E-state index contributed by atoms with van der Waals surface area (Å²) < 4.78 is 38.0. The summed E-state index contributed by atoms with van der Waals surface area (Å²) in [6.07, 6.45) is -0.654. The third-order valence-electron chi connectivity index (χ3n) is 4.69. The Balaban J connectivity index is 1.60. The van der Waals surface area contributed by atoms with Gasteiger partial charge in [0.1, 0.15) is 0 Å². The number of alkyl halides is 3. The molecule has 0 saturated heterocycles. The number of benzene rings is 2. The van der Waals surface area contributed by atoms with Crippen molar-refractivity contribution in [3.8, 4) is 0 Å². The highest BCUT2D eigenvalue weighted by Crippen LogP contribution is 2.29. The molecule has 0 aliphatic rings. The molecule has 0 radical (unpaired) electrons. The lowest BCUT2D eigenvalue weighted by molar-refractivity contribution is -0.137. The standard InChI is InChI=1S/C22H15F3N4O2/c23-22(24,25)15-5-3-14(4-6-15)20(30)27-16-7-8-17-18(11-16)21(31)29-28-19(17)10-13-2-1-9-26-12-13/h1-9,11-12H,10H2,(H,27,30)(H,29,31). The molecule has 0 fully saturated rings. The Morgan fingerprint density at radius 3 is 2.48 bits per heavy atom. The number of carbonyl (C=O) groups excluding carboxylic acids is 1. The number of amides is 1. The number of H-pyrrole nitrogens is 1. The minimum absolute atomic E-state index is 0.0639. The van der Waals surface area contributed by atoms with E-state index in [1.54, 1.807) is 30.6 Å². The number of nitrogens with one attached hydrogen (secondary N) is 2. The van der Waals surface area contributed by atoms with Gasteiger partial charge in [0.2, 0.25) is 0 Å². The zero-order chi connectivity index (χ0) is 22.0. The molecule has 2 N–H and O–H groups in total. The maximum absolute atomic E-state index is 12.7. The van der Waals surface area contributed by atoms with E-state index in [4.69, 9.17) is 0 Å². The van der Waals surface area contributed by atoms with Crippen LogP contribution in [0.5, 0.6) is 0 Å². The Labute approximate surface area is 173 Å². The first kappa shape index (κ1) is 20.3. The molecule has 156 valence electrons. The maximum Gasteiger partial charge on any atom is 0.416 e. The molecular formula is C22H15F3N4O2. The molecular weight excluding hydrogens is 409 g/mol. The molecule has 0 aliphatic heterocycles. The number of aromatic nitrogens is 3.